The van der Waals surface area contributed by atoms with Crippen molar-refractivity contribution >= 4 is 23.4 Å². The summed E-state index contributed by atoms with van der Waals surface area (Å²) in [5, 5.41) is 8.66. The number of halogens is 1. The summed E-state index contributed by atoms with van der Waals surface area (Å²) in [6.07, 6.45) is 2.25. The van der Waals surface area contributed by atoms with Crippen LogP contribution in [0.5, 0.6) is 0 Å². The Kier molecular flexibility index (Phi) is 10.2. The second kappa shape index (κ2) is 12.7. The number of hydrogen-bond donors (Lipinski definition) is 2. The Balaban J connectivity index is 1.67. The van der Waals surface area contributed by atoms with Gasteiger partial charge in [0.2, 0.25) is 11.8 Å². The van der Waals surface area contributed by atoms with Crippen LogP contribution in [-0.2, 0) is 16.0 Å². The Bertz CT molecular complexity index is 856. The van der Waals surface area contributed by atoms with Crippen LogP contribution in [-0.4, -0.2) is 102 Å². The molecule has 2 saturated heterocycles. The summed E-state index contributed by atoms with van der Waals surface area (Å²) < 4.78 is 0. The number of nitrogens with two attached hydrogens (primary N) is 1. The van der Waals surface area contributed by atoms with Crippen molar-refractivity contribution in [2.24, 2.45) is 11.7 Å². The molecule has 9 heteroatoms. The summed E-state index contributed by atoms with van der Waals surface area (Å²) in [5.74, 6) is 0.196. The number of hydrogen-bond acceptors (Lipinski definition) is 6. The predicted octanol–water partition coefficient (Wildman–Crippen LogP) is 2.22. The quantitative estimate of drug-likeness (QED) is 0.519. The molecule has 3 N–H and O–H groups in total. The van der Waals surface area contributed by atoms with Crippen molar-refractivity contribution in [2.45, 2.75) is 64.6 Å². The summed E-state index contributed by atoms with van der Waals surface area (Å²) in [6.45, 7) is 14.5. The van der Waals surface area contributed by atoms with Gasteiger partial charge >= 0.3 is 0 Å². The first-order valence-corrected chi connectivity index (χ1v) is 13.6. The fourth-order valence-corrected chi connectivity index (χ4v) is 5.05. The number of piperidine rings is 1. The zero-order valence-electron chi connectivity index (χ0n) is 22.7. The maximum atomic E-state index is 13.6. The third kappa shape index (κ3) is 8.15. The van der Waals surface area contributed by atoms with Crippen LogP contribution in [0.3, 0.4) is 0 Å². The Morgan fingerprint density at radius 1 is 1.08 bits per heavy atom. The van der Waals surface area contributed by atoms with E-state index in [0.29, 0.717) is 36.5 Å². The Labute approximate surface area is 222 Å². The van der Waals surface area contributed by atoms with E-state index in [4.69, 9.17) is 17.3 Å². The van der Waals surface area contributed by atoms with Crippen molar-refractivity contribution in [2.75, 3.05) is 52.9 Å². The lowest BCUT2D eigenvalue weighted by Crippen LogP contribution is -2.60. The highest BCUT2D eigenvalue weighted by atomic mass is 35.5. The van der Waals surface area contributed by atoms with Crippen LogP contribution in [0, 0.1) is 5.92 Å². The summed E-state index contributed by atoms with van der Waals surface area (Å²) >= 11 is 6.04. The third-order valence-electron chi connectivity index (χ3n) is 7.13. The molecule has 2 fully saturated rings. The first-order valence-electron chi connectivity index (χ1n) is 13.3. The first-order chi connectivity index (χ1) is 16.9. The lowest BCUT2D eigenvalue weighted by molar-refractivity contribution is -0.141. The molecular weight excluding hydrogens is 476 g/mol. The van der Waals surface area contributed by atoms with Gasteiger partial charge in [0.05, 0.1) is 5.54 Å². The largest absolute Gasteiger partial charge is 0.342 e. The number of carbonyl (C=O) groups excluding carboxylic acids is 2. The summed E-state index contributed by atoms with van der Waals surface area (Å²) in [6, 6.07) is 7.17. The number of likely N-dealkylation sites (tertiary alicyclic amines) is 1. The highest BCUT2D eigenvalue weighted by molar-refractivity contribution is 6.30. The molecule has 2 heterocycles. The van der Waals surface area contributed by atoms with Crippen molar-refractivity contribution in [1.82, 2.24) is 25.1 Å². The van der Waals surface area contributed by atoms with E-state index in [1.165, 1.54) is 0 Å². The molecule has 3 rings (SSSR count). The zero-order chi connectivity index (χ0) is 26.5. The smallest absolute Gasteiger partial charge is 0.245 e. The topological polar surface area (TPSA) is 85.1 Å². The molecule has 2 aliphatic rings. The van der Waals surface area contributed by atoms with Crippen LogP contribution in [0.25, 0.3) is 0 Å². The SMILES string of the molecule is CC(C)CN(C1CCN(C(=O)C(Cc2ccc(Cl)cc2)NC(=O)C(C)(C)N)CC1)N1CCN(C)CC1. The van der Waals surface area contributed by atoms with Gasteiger partial charge in [-0.1, -0.05) is 37.6 Å². The predicted molar refractivity (Wildman–Crippen MR) is 146 cm³/mol. The second-order valence-corrected chi connectivity index (χ2v) is 11.8. The van der Waals surface area contributed by atoms with Crippen LogP contribution in [0.1, 0.15) is 46.1 Å². The molecule has 36 heavy (non-hydrogen) atoms. The number of nitrogens with one attached hydrogen (secondary N) is 1. The van der Waals surface area contributed by atoms with Crippen LogP contribution >= 0.6 is 11.6 Å². The van der Waals surface area contributed by atoms with Gasteiger partial charge < -0.3 is 20.9 Å². The minimum Gasteiger partial charge on any atom is -0.342 e. The van der Waals surface area contributed by atoms with Crippen LogP contribution in [0.2, 0.25) is 5.02 Å². The highest BCUT2D eigenvalue weighted by Crippen LogP contribution is 2.22. The van der Waals surface area contributed by atoms with E-state index in [0.717, 1.165) is 51.1 Å². The summed E-state index contributed by atoms with van der Waals surface area (Å²) in [4.78, 5) is 30.6. The van der Waals surface area contributed by atoms with Crippen LogP contribution < -0.4 is 11.1 Å². The molecule has 2 aliphatic heterocycles. The number of piperazine rings is 1. The van der Waals surface area contributed by atoms with Crippen molar-refractivity contribution < 1.29 is 9.59 Å². The van der Waals surface area contributed by atoms with Gasteiger partial charge in [0.1, 0.15) is 6.04 Å². The molecule has 0 aliphatic carbocycles. The van der Waals surface area contributed by atoms with Crippen molar-refractivity contribution in [3.8, 4) is 0 Å². The molecule has 1 atom stereocenters. The molecule has 0 spiro atoms. The number of nitrogens with zero attached hydrogens (tertiary/aromatic N) is 4. The van der Waals surface area contributed by atoms with E-state index in [2.05, 4.69) is 41.1 Å². The molecule has 0 saturated carbocycles. The fourth-order valence-electron chi connectivity index (χ4n) is 4.93. The minimum absolute atomic E-state index is 0.0454. The number of likely N-dealkylation sites (N-methyl/N-ethyl adjacent to an activating group) is 1. The van der Waals surface area contributed by atoms with E-state index in [1.54, 1.807) is 26.0 Å². The molecule has 1 aromatic carbocycles. The number of hydrazine groups is 1. The van der Waals surface area contributed by atoms with Gasteiger partial charge in [-0.3, -0.25) is 9.59 Å². The number of carbonyl (C=O) groups is 2. The van der Waals surface area contributed by atoms with Crippen molar-refractivity contribution in [3.05, 3.63) is 34.9 Å². The Morgan fingerprint density at radius 3 is 2.19 bits per heavy atom. The second-order valence-electron chi connectivity index (χ2n) is 11.4. The first kappa shape index (κ1) is 28.9. The van der Waals surface area contributed by atoms with E-state index >= 15 is 0 Å². The number of amides is 2. The highest BCUT2D eigenvalue weighted by Gasteiger charge is 2.35. The molecule has 2 amide bonds. The average molecular weight is 521 g/mol. The van der Waals surface area contributed by atoms with Crippen molar-refractivity contribution in [3.63, 3.8) is 0 Å². The molecule has 1 unspecified atom stereocenters. The molecule has 202 valence electrons. The van der Waals surface area contributed by atoms with Gasteiger partial charge in [-0.15, -0.1) is 0 Å². The van der Waals surface area contributed by atoms with Gasteiger partial charge in [-0.05, 0) is 57.4 Å². The van der Waals surface area contributed by atoms with Crippen LogP contribution in [0.4, 0.5) is 0 Å². The maximum Gasteiger partial charge on any atom is 0.245 e. The molecular formula is C27H45ClN6O2. The Hall–Kier alpha value is -1.71. The molecule has 0 aromatic heterocycles. The summed E-state index contributed by atoms with van der Waals surface area (Å²) in [5.41, 5.74) is 5.90. The van der Waals surface area contributed by atoms with Crippen molar-refractivity contribution in [1.29, 1.82) is 0 Å². The molecule has 8 nitrogen and oxygen atoms in total. The monoisotopic (exact) mass is 520 g/mol. The normalized spacial score (nSPS) is 19.6. The van der Waals surface area contributed by atoms with Gasteiger partial charge in [0.15, 0.2) is 0 Å². The van der Waals surface area contributed by atoms with Gasteiger partial charge in [-0.25, -0.2) is 10.0 Å². The third-order valence-corrected chi connectivity index (χ3v) is 7.39. The number of benzene rings is 1. The van der Waals surface area contributed by atoms with E-state index in [1.807, 2.05) is 17.0 Å². The summed E-state index contributed by atoms with van der Waals surface area (Å²) in [7, 11) is 2.18. The molecule has 1 aromatic rings. The van der Waals surface area contributed by atoms with Crippen LogP contribution in [0.15, 0.2) is 24.3 Å². The van der Waals surface area contributed by atoms with E-state index in [-0.39, 0.29) is 11.8 Å². The number of rotatable bonds is 9. The van der Waals surface area contributed by atoms with Gasteiger partial charge in [0, 0.05) is 63.3 Å². The lowest BCUT2D eigenvalue weighted by Gasteiger charge is -2.47. The Morgan fingerprint density at radius 2 is 1.67 bits per heavy atom. The minimum atomic E-state index is -1.06. The zero-order valence-corrected chi connectivity index (χ0v) is 23.4. The standard InChI is InChI=1S/C27H45ClN6O2/c1-20(2)19-34(33-16-14-31(5)15-17-33)23-10-12-32(13-11-23)25(35)24(30-26(36)27(3,4)29)18-21-6-8-22(28)9-7-21/h6-9,20,23-24H,10-19,29H2,1-5H3,(H,30,36). The average Bonchev–Trinajstić information content (AvgIpc) is 2.83. The maximum absolute atomic E-state index is 13.6. The van der Waals surface area contributed by atoms with Gasteiger partial charge in [0.25, 0.3) is 0 Å². The molecule has 0 radical (unpaired) electrons. The fraction of sp³-hybridized carbons (Fsp3) is 0.704. The van der Waals surface area contributed by atoms with E-state index < -0.39 is 11.6 Å². The lowest BCUT2D eigenvalue weighted by atomic mass is 9.99. The van der Waals surface area contributed by atoms with Gasteiger partial charge in [-0.2, -0.15) is 0 Å². The molecule has 0 bridgehead atoms. The van der Waals surface area contributed by atoms with E-state index in [9.17, 15) is 9.59 Å².